The Balaban J connectivity index is 0.000000134. The summed E-state index contributed by atoms with van der Waals surface area (Å²) in [5, 5.41) is 45.2. The van der Waals surface area contributed by atoms with Gasteiger partial charge in [0, 0.05) is 48.7 Å². The number of benzene rings is 7. The zero-order valence-electron chi connectivity index (χ0n) is 68.1. The van der Waals surface area contributed by atoms with Gasteiger partial charge in [-0.15, -0.1) is 0 Å². The van der Waals surface area contributed by atoms with E-state index in [1.165, 1.54) is 96.7 Å². The molecule has 9 aliphatic carbocycles. The Kier molecular flexibility index (Phi) is 25.4. The van der Waals surface area contributed by atoms with Crippen LogP contribution in [0.15, 0.2) is 162 Å². The molecule has 19 rings (SSSR count). The summed E-state index contributed by atoms with van der Waals surface area (Å²) < 4.78 is 17.1. The standard InChI is InChI=1S/C38H38N4O2S.C30H34N4O2.C22H28N2O2S.C8H6BrN.CH4/c1-44-33-14-16-37(17-15-33)21-32-13-12-27(11-10-26-8-9-26)20-34(32)38(37)35(43)42(24-30-6-2-4-28(18-30)22-39)36(41-38)45-25-31-7-3-5-29(19-31)23-40;1-36-25-11-13-29(14-12-25)17-24-10-9-21(8-7-20-5-6-20)16-26(24)30(29)27(35)34(28(32)33-30)19-23-4-2-3-22(15-23)18-31;1-26-17-8-10-21(11-9-17)13-16-7-6-15(5-4-14-2-3-14)12-18(16)22(21)19(25)23-20(27)24-22;9-5-7-2-1-3-8(4-7)6-10;/h2-7,12-13,18-20,26,33H,8-11,14-17,21,24-25H2,1H3;2-4,9-10,15-16,20,25H,5-8,11-14,17,19H2,1H3,(H2,32,33);6-7,12,14,17H,2-5,8-11,13H2,1H3,(H2,23,24,25,27);1-4H,5H2;1H4. The summed E-state index contributed by atoms with van der Waals surface area (Å²) in [6, 6.07) is 59.3. The Morgan fingerprint density at radius 2 is 0.849 bits per heavy atom. The van der Waals surface area contributed by atoms with E-state index >= 15 is 4.79 Å². The molecule has 7 aromatic rings. The maximum atomic E-state index is 15.2. The van der Waals surface area contributed by atoms with Gasteiger partial charge in [0.2, 0.25) is 0 Å². The Morgan fingerprint density at radius 3 is 1.26 bits per heavy atom. The van der Waals surface area contributed by atoms with Crippen LogP contribution >= 0.6 is 39.9 Å². The number of aliphatic imine (C=N–C) groups is 2. The lowest BCUT2D eigenvalue weighted by molar-refractivity contribution is -0.139. The third kappa shape index (κ3) is 16.7. The number of thioether (sulfide) groups is 1. The molecule has 1 saturated heterocycles. The van der Waals surface area contributed by atoms with Crippen LogP contribution in [0.25, 0.3) is 0 Å². The van der Waals surface area contributed by atoms with E-state index in [1.807, 2.05) is 83.8 Å². The average molecular weight is 1690 g/mol. The fourth-order valence-electron chi connectivity index (χ4n) is 21.3. The highest BCUT2D eigenvalue weighted by Crippen LogP contribution is 2.65. The molecule has 616 valence electrons. The van der Waals surface area contributed by atoms with Gasteiger partial charge in [-0.2, -0.15) is 21.0 Å². The zero-order valence-corrected chi connectivity index (χ0v) is 71.3. The molecule has 4 N–H and O–H groups in total. The van der Waals surface area contributed by atoms with E-state index in [1.54, 1.807) is 56.2 Å². The molecule has 7 fully saturated rings. The van der Waals surface area contributed by atoms with Gasteiger partial charge in [-0.3, -0.25) is 24.2 Å². The second-order valence-corrected chi connectivity index (χ2v) is 37.4. The first-order valence-electron chi connectivity index (χ1n) is 42.7. The second kappa shape index (κ2) is 35.8. The van der Waals surface area contributed by atoms with Crippen molar-refractivity contribution in [3.05, 3.63) is 246 Å². The number of alkyl halides is 1. The molecule has 3 unspecified atom stereocenters. The van der Waals surface area contributed by atoms with Crippen molar-refractivity contribution in [2.24, 2.45) is 49.7 Å². The van der Waals surface area contributed by atoms with Crippen molar-refractivity contribution >= 4 is 73.9 Å². The predicted octanol–water partition coefficient (Wildman–Crippen LogP) is 18.5. The van der Waals surface area contributed by atoms with Gasteiger partial charge in [-0.05, 0) is 286 Å². The first-order valence-corrected chi connectivity index (χ1v) is 45.2. The number of fused-ring (bicyclic) bond motifs is 9. The van der Waals surface area contributed by atoms with Gasteiger partial charge in [-0.25, -0.2) is 9.98 Å². The molecule has 3 amide bonds. The van der Waals surface area contributed by atoms with Crippen LogP contribution < -0.4 is 16.4 Å². The third-order valence-electron chi connectivity index (χ3n) is 28.4. The quantitative estimate of drug-likeness (QED) is 0.0503. The topological polar surface area (TPSA) is 255 Å². The molecular formula is C99H110BrN11O6S2. The van der Waals surface area contributed by atoms with Gasteiger partial charge in [0.15, 0.2) is 32.9 Å². The number of halogens is 1. The number of amidine groups is 1. The van der Waals surface area contributed by atoms with Crippen LogP contribution in [-0.2, 0) is 108 Å². The molecule has 6 spiro atoms. The molecule has 0 aromatic heterocycles. The van der Waals surface area contributed by atoms with E-state index in [9.17, 15) is 25.4 Å². The molecule has 17 nitrogen and oxygen atoms in total. The van der Waals surface area contributed by atoms with Crippen molar-refractivity contribution in [1.82, 2.24) is 20.4 Å². The molecule has 0 radical (unpaired) electrons. The van der Waals surface area contributed by atoms with E-state index in [4.69, 9.17) is 47.4 Å². The fraction of sp³-hybridized carbons (Fsp3) is 0.475. The van der Waals surface area contributed by atoms with Crippen molar-refractivity contribution < 1.29 is 28.6 Å². The van der Waals surface area contributed by atoms with Gasteiger partial charge in [0.25, 0.3) is 17.7 Å². The Labute approximate surface area is 720 Å². The van der Waals surface area contributed by atoms with Crippen molar-refractivity contribution in [1.29, 1.82) is 21.0 Å². The number of rotatable bonds is 19. The third-order valence-corrected chi connectivity index (χ3v) is 30.3. The molecule has 20 heteroatoms. The number of nitriles is 4. The summed E-state index contributed by atoms with van der Waals surface area (Å²) in [7, 11) is 5.37. The maximum Gasteiger partial charge on any atom is 0.262 e. The van der Waals surface area contributed by atoms with Crippen LogP contribution in [0, 0.1) is 79.3 Å². The highest BCUT2D eigenvalue weighted by atomic mass is 79.9. The number of nitrogens with zero attached hydrogens (tertiary/aromatic N) is 8. The number of amides is 3. The highest BCUT2D eigenvalue weighted by molar-refractivity contribution is 9.08. The lowest BCUT2D eigenvalue weighted by Crippen LogP contribution is -2.56. The molecular weight excluding hydrogens is 1580 g/mol. The normalized spacial score (nSPS) is 27.0. The number of nitrogens with one attached hydrogen (secondary N) is 2. The minimum atomic E-state index is -0.986. The SMILES string of the molecule is C.COC1CCC2(CC1)Cc1ccc(CCC3CC3)cc1C21N=C(N)N(Cc2cccc(C#N)c2)C1=O.COC1CCC2(CC1)Cc1ccc(CCC3CC3)cc1C21N=C(SCc2cccc(C#N)c2)N(Cc2cccc(C#N)c2)C1=O.COC1CCC2(CC1)Cc1ccc(CCC3CC3)cc1C21NC(=S)NC1=O.N#Cc1cccc(CBr)c1. The summed E-state index contributed by atoms with van der Waals surface area (Å²) >= 11 is 10.3. The molecule has 119 heavy (non-hydrogen) atoms. The van der Waals surface area contributed by atoms with Crippen LogP contribution in [-0.4, -0.2) is 83.4 Å². The van der Waals surface area contributed by atoms with Crippen molar-refractivity contribution in [3.8, 4) is 24.3 Å². The van der Waals surface area contributed by atoms with Crippen molar-refractivity contribution in [2.45, 2.75) is 240 Å². The number of carbonyl (C=O) groups is 3. The lowest BCUT2D eigenvalue weighted by atomic mass is 9.61. The summed E-state index contributed by atoms with van der Waals surface area (Å²) in [5.74, 6) is 3.58. The number of carbonyl (C=O) groups excluding carboxylic acids is 3. The van der Waals surface area contributed by atoms with Crippen molar-refractivity contribution in [3.63, 3.8) is 0 Å². The molecule has 6 saturated carbocycles. The number of guanidine groups is 1. The lowest BCUT2D eigenvalue weighted by Gasteiger charge is -2.46. The predicted molar refractivity (Wildman–Crippen MR) is 473 cm³/mol. The Bertz CT molecular complexity index is 5250. The van der Waals surface area contributed by atoms with Gasteiger partial charge in [-0.1, -0.05) is 177 Å². The van der Waals surface area contributed by atoms with Gasteiger partial charge >= 0.3 is 0 Å². The summed E-state index contributed by atoms with van der Waals surface area (Å²) in [6.45, 7) is 0.673. The number of hydrogen-bond donors (Lipinski definition) is 3. The largest absolute Gasteiger partial charge is 0.381 e. The van der Waals surface area contributed by atoms with Gasteiger partial charge < -0.3 is 30.6 Å². The van der Waals surface area contributed by atoms with Crippen molar-refractivity contribution in [2.75, 3.05) is 21.3 Å². The number of nitrogens with two attached hydrogens (primary N) is 1. The van der Waals surface area contributed by atoms with E-state index < -0.39 is 16.6 Å². The smallest absolute Gasteiger partial charge is 0.262 e. The van der Waals surface area contributed by atoms with Crippen LogP contribution in [0.2, 0.25) is 0 Å². The number of thiocarbonyl (C=S) groups is 1. The van der Waals surface area contributed by atoms with E-state index in [2.05, 4.69) is 105 Å². The first-order chi connectivity index (χ1) is 57.4. The van der Waals surface area contributed by atoms with Crippen LogP contribution in [0.1, 0.15) is 237 Å². The summed E-state index contributed by atoms with van der Waals surface area (Å²) in [4.78, 5) is 57.3. The molecule has 0 bridgehead atoms. The second-order valence-electron chi connectivity index (χ2n) is 35.5. The molecule has 12 aliphatic rings. The average Bonchev–Trinajstić information content (AvgIpc) is 1.54. The molecule has 3 heterocycles. The number of hydrogen-bond acceptors (Lipinski definition) is 15. The number of aryl methyl sites for hydroxylation is 3. The first kappa shape index (κ1) is 84.7. The van der Waals surface area contributed by atoms with Gasteiger partial charge in [0.1, 0.15) is 0 Å². The summed E-state index contributed by atoms with van der Waals surface area (Å²) in [5.41, 5.74) is 20.7. The molecule has 3 aliphatic heterocycles. The van der Waals surface area contributed by atoms with Crippen LogP contribution in [0.3, 0.4) is 0 Å². The summed E-state index contributed by atoms with van der Waals surface area (Å²) in [6.07, 6.45) is 29.6. The Hall–Kier alpha value is -9.35. The Morgan fingerprint density at radius 1 is 0.479 bits per heavy atom. The van der Waals surface area contributed by atoms with Gasteiger partial charge in [0.05, 0.1) is 77.9 Å². The molecule has 3 atom stereocenters. The molecule has 7 aromatic carbocycles. The monoisotopic (exact) mass is 1690 g/mol. The minimum absolute atomic E-state index is 0. The number of ether oxygens (including phenoxy) is 3. The maximum absolute atomic E-state index is 15.2. The zero-order chi connectivity index (χ0) is 82.0. The minimum Gasteiger partial charge on any atom is -0.381 e. The van der Waals surface area contributed by atoms with E-state index in [0.29, 0.717) is 51.9 Å². The van der Waals surface area contributed by atoms with E-state index in [-0.39, 0.29) is 59.6 Å². The van der Waals surface area contributed by atoms with Crippen LogP contribution in [0.5, 0.6) is 0 Å². The number of methoxy groups -OCH3 is 3. The van der Waals surface area contributed by atoms with Crippen LogP contribution in [0.4, 0.5) is 0 Å². The highest BCUT2D eigenvalue weighted by Gasteiger charge is 2.69. The van der Waals surface area contributed by atoms with E-state index in [0.717, 1.165) is 178 Å². The fourth-order valence-corrected chi connectivity index (χ4v) is 22.9.